The first-order valence-corrected chi connectivity index (χ1v) is 12.4. The fourth-order valence-electron chi connectivity index (χ4n) is 6.44. The van der Waals surface area contributed by atoms with Gasteiger partial charge in [0.2, 0.25) is 12.7 Å². The summed E-state index contributed by atoms with van der Waals surface area (Å²) in [6.07, 6.45) is 5.22. The number of rotatable bonds is 5. The molecule has 1 N–H and O–H groups in total. The molecule has 4 aliphatic rings. The molecule has 3 aliphatic heterocycles. The highest BCUT2D eigenvalue weighted by Gasteiger charge is 2.55. The van der Waals surface area contributed by atoms with Gasteiger partial charge in [-0.2, -0.15) is 0 Å². The highest BCUT2D eigenvalue weighted by molar-refractivity contribution is 5.82. The average molecular weight is 478 g/mol. The topological polar surface area (TPSA) is 84.2 Å². The third-order valence-electron chi connectivity index (χ3n) is 8.07. The molecular formula is C27H31N3O5. The monoisotopic (exact) mass is 477 g/mol. The predicted molar refractivity (Wildman–Crippen MR) is 130 cm³/mol. The lowest BCUT2D eigenvalue weighted by Crippen LogP contribution is -2.47. The third-order valence-corrected chi connectivity index (χ3v) is 8.07. The average Bonchev–Trinajstić information content (AvgIpc) is 3.63. The lowest BCUT2D eigenvalue weighted by Gasteiger charge is -2.32. The van der Waals surface area contributed by atoms with Crippen molar-refractivity contribution in [2.45, 2.75) is 44.4 Å². The molecule has 0 spiro atoms. The van der Waals surface area contributed by atoms with Crippen molar-refractivity contribution in [3.8, 4) is 11.5 Å². The van der Waals surface area contributed by atoms with Crippen LogP contribution < -0.4 is 15.0 Å². The fraction of sp³-hybridized carbons (Fsp3) is 0.481. The van der Waals surface area contributed by atoms with Gasteiger partial charge in [0.25, 0.3) is 5.56 Å². The maximum atomic E-state index is 13.5. The van der Waals surface area contributed by atoms with E-state index in [1.165, 1.54) is 0 Å². The molecule has 1 saturated heterocycles. The Morgan fingerprint density at radius 1 is 1.17 bits per heavy atom. The number of hydrogen-bond donors (Lipinski definition) is 1. The second kappa shape index (κ2) is 8.53. The molecule has 8 heteroatoms. The Bertz CT molecular complexity index is 1270. The first kappa shape index (κ1) is 22.4. The van der Waals surface area contributed by atoms with Crippen molar-refractivity contribution in [1.82, 2.24) is 14.4 Å². The van der Waals surface area contributed by atoms with Gasteiger partial charge in [0.05, 0.1) is 12.1 Å². The van der Waals surface area contributed by atoms with Gasteiger partial charge in [0, 0.05) is 56.9 Å². The van der Waals surface area contributed by atoms with E-state index in [-0.39, 0.29) is 42.7 Å². The van der Waals surface area contributed by atoms with Crippen molar-refractivity contribution in [1.29, 1.82) is 0 Å². The molecule has 184 valence electrons. The zero-order valence-corrected chi connectivity index (χ0v) is 20.1. The molecule has 4 heterocycles. The number of aliphatic hydroxyl groups is 1. The number of ether oxygens (including phenoxy) is 2. The second-order valence-corrected chi connectivity index (χ2v) is 10.2. The van der Waals surface area contributed by atoms with Gasteiger partial charge in [-0.1, -0.05) is 12.1 Å². The van der Waals surface area contributed by atoms with Crippen molar-refractivity contribution >= 4 is 11.5 Å². The molecule has 1 aromatic heterocycles. The van der Waals surface area contributed by atoms with E-state index in [4.69, 9.17) is 9.47 Å². The highest BCUT2D eigenvalue weighted by Crippen LogP contribution is 2.50. The second-order valence-electron chi connectivity index (χ2n) is 10.2. The lowest BCUT2D eigenvalue weighted by molar-refractivity contribution is -0.136. The van der Waals surface area contributed by atoms with Crippen LogP contribution in [0.5, 0.6) is 11.5 Å². The molecule has 2 aromatic rings. The number of likely N-dealkylation sites (N-methyl/N-ethyl adjacent to an activating group) is 1. The van der Waals surface area contributed by atoms with E-state index < -0.39 is 6.04 Å². The quantitative estimate of drug-likeness (QED) is 0.712. The molecule has 1 aliphatic carbocycles. The summed E-state index contributed by atoms with van der Waals surface area (Å²) >= 11 is 0. The Kier molecular flexibility index (Phi) is 5.45. The number of likely N-dealkylation sites (tertiary alicyclic amines) is 1. The molecule has 0 unspecified atom stereocenters. The molecule has 1 fully saturated rings. The molecule has 1 amide bonds. The minimum atomic E-state index is -0.475. The lowest BCUT2D eigenvalue weighted by atomic mass is 9.88. The van der Waals surface area contributed by atoms with E-state index in [0.29, 0.717) is 24.6 Å². The van der Waals surface area contributed by atoms with Gasteiger partial charge in [-0.15, -0.1) is 0 Å². The summed E-state index contributed by atoms with van der Waals surface area (Å²) in [6, 6.07) is 9.25. The maximum absolute atomic E-state index is 13.5. The number of allylic oxidation sites excluding steroid dienone is 2. The molecule has 0 saturated carbocycles. The van der Waals surface area contributed by atoms with Crippen LogP contribution in [0.25, 0.3) is 5.57 Å². The van der Waals surface area contributed by atoms with Gasteiger partial charge >= 0.3 is 0 Å². The molecule has 1 aromatic carbocycles. The Morgan fingerprint density at radius 3 is 2.74 bits per heavy atom. The number of benzene rings is 1. The Hall–Kier alpha value is -3.10. The van der Waals surface area contributed by atoms with E-state index in [2.05, 4.69) is 17.0 Å². The van der Waals surface area contributed by atoms with E-state index >= 15 is 0 Å². The van der Waals surface area contributed by atoms with Crippen LogP contribution in [-0.2, 0) is 17.9 Å². The van der Waals surface area contributed by atoms with Crippen LogP contribution in [0.1, 0.15) is 42.1 Å². The van der Waals surface area contributed by atoms with Crippen LogP contribution in [0.4, 0.5) is 0 Å². The van der Waals surface area contributed by atoms with Crippen LogP contribution in [-0.4, -0.2) is 58.9 Å². The number of amides is 1. The van der Waals surface area contributed by atoms with Gasteiger partial charge in [0.1, 0.15) is 0 Å². The number of carbonyl (C=O) groups is 1. The Morgan fingerprint density at radius 2 is 2.00 bits per heavy atom. The van der Waals surface area contributed by atoms with Crippen molar-refractivity contribution in [2.24, 2.45) is 11.8 Å². The molecule has 0 radical (unpaired) electrons. The van der Waals surface area contributed by atoms with Crippen LogP contribution in [0.2, 0.25) is 0 Å². The van der Waals surface area contributed by atoms with Crippen LogP contribution in [0, 0.1) is 11.8 Å². The summed E-state index contributed by atoms with van der Waals surface area (Å²) < 4.78 is 12.9. The van der Waals surface area contributed by atoms with Crippen LogP contribution in [0.3, 0.4) is 0 Å². The van der Waals surface area contributed by atoms with Gasteiger partial charge in [-0.05, 0) is 54.7 Å². The zero-order valence-electron chi connectivity index (χ0n) is 20.1. The SMILES string of the molecule is CN(C)C(=O)[C@H]1[C@H](CO)[C@H]2Cn3c(ccc(C4=CCCC4)c3=O)[C@H]2N1Cc1ccc2c(c1)OCO2. The first-order valence-electron chi connectivity index (χ1n) is 12.4. The standard InChI is InChI=1S/C27H31N3O5/c1-28(2)27(33)25-20(14-31)19-13-29-21(9-8-18(26(29)32)17-5-3-4-6-17)24(19)30(25)12-16-7-10-22-23(11-16)35-15-34-22/h5,7-11,19-20,24-25,31H,3-4,6,12-15H2,1-2H3/t19-,20-,24+,25-/m1/s1. The normalized spacial score (nSPS) is 26.5. The number of pyridine rings is 1. The largest absolute Gasteiger partial charge is 0.454 e. The summed E-state index contributed by atoms with van der Waals surface area (Å²) in [5, 5.41) is 10.5. The van der Waals surface area contributed by atoms with Crippen molar-refractivity contribution in [2.75, 3.05) is 27.5 Å². The summed E-state index contributed by atoms with van der Waals surface area (Å²) in [5.74, 6) is 1.10. The van der Waals surface area contributed by atoms with Crippen molar-refractivity contribution < 1.29 is 19.4 Å². The summed E-state index contributed by atoms with van der Waals surface area (Å²) in [6.45, 7) is 1.11. The Labute approximate surface area is 204 Å². The minimum absolute atomic E-state index is 0.0246. The summed E-state index contributed by atoms with van der Waals surface area (Å²) in [4.78, 5) is 30.7. The van der Waals surface area contributed by atoms with E-state index in [9.17, 15) is 14.7 Å². The first-order chi connectivity index (χ1) is 17.0. The molecule has 4 atom stereocenters. The highest BCUT2D eigenvalue weighted by atomic mass is 16.7. The van der Waals surface area contributed by atoms with Crippen molar-refractivity contribution in [3.05, 3.63) is 63.6 Å². The van der Waals surface area contributed by atoms with Gasteiger partial charge in [-0.25, -0.2) is 0 Å². The van der Waals surface area contributed by atoms with Crippen LogP contribution in [0.15, 0.2) is 41.2 Å². The Balaban J connectivity index is 1.42. The van der Waals surface area contributed by atoms with E-state index in [0.717, 1.165) is 41.7 Å². The van der Waals surface area contributed by atoms with E-state index in [1.54, 1.807) is 19.0 Å². The summed E-state index contributed by atoms with van der Waals surface area (Å²) in [5.41, 5.74) is 3.89. The molecule has 0 bridgehead atoms. The van der Waals surface area contributed by atoms with Crippen LogP contribution >= 0.6 is 0 Å². The van der Waals surface area contributed by atoms with E-state index in [1.807, 2.05) is 28.8 Å². The number of nitrogens with zero attached hydrogens (tertiary/aromatic N) is 3. The minimum Gasteiger partial charge on any atom is -0.454 e. The van der Waals surface area contributed by atoms with Gasteiger partial charge in [-0.3, -0.25) is 14.5 Å². The molecule has 6 rings (SSSR count). The number of carbonyl (C=O) groups excluding carboxylic acids is 1. The zero-order chi connectivity index (χ0) is 24.3. The third kappa shape index (κ3) is 3.50. The van der Waals surface area contributed by atoms with Gasteiger partial charge in [0.15, 0.2) is 11.5 Å². The number of fused-ring (bicyclic) bond motifs is 4. The maximum Gasteiger partial charge on any atom is 0.258 e. The number of aromatic nitrogens is 1. The molecular weight excluding hydrogens is 446 g/mol. The molecule has 8 nitrogen and oxygen atoms in total. The fourth-order valence-corrected chi connectivity index (χ4v) is 6.44. The molecule has 35 heavy (non-hydrogen) atoms. The number of hydrogen-bond acceptors (Lipinski definition) is 6. The van der Waals surface area contributed by atoms with Gasteiger partial charge < -0.3 is 24.0 Å². The predicted octanol–water partition coefficient (Wildman–Crippen LogP) is 2.40. The summed E-state index contributed by atoms with van der Waals surface area (Å²) in [7, 11) is 3.51. The smallest absolute Gasteiger partial charge is 0.258 e. The number of aliphatic hydroxyl groups excluding tert-OH is 1. The van der Waals surface area contributed by atoms with Crippen molar-refractivity contribution in [3.63, 3.8) is 0 Å².